The topological polar surface area (TPSA) is 20.3 Å². The molecule has 0 aliphatic heterocycles. The van der Waals surface area contributed by atoms with Crippen LogP contribution in [0.15, 0.2) is 0 Å². The first kappa shape index (κ1) is 9.85. The van der Waals surface area contributed by atoms with E-state index in [9.17, 15) is 9.18 Å². The lowest BCUT2D eigenvalue weighted by molar-refractivity contribution is -0.116. The maximum absolute atomic E-state index is 12.4. The summed E-state index contributed by atoms with van der Waals surface area (Å²) < 4.78 is 12.4. The van der Waals surface area contributed by atoms with Gasteiger partial charge in [0.2, 0.25) is 0 Å². The molecule has 0 amide bonds. The van der Waals surface area contributed by atoms with Crippen molar-refractivity contribution in [3.8, 4) is 0 Å². The van der Waals surface area contributed by atoms with E-state index in [4.69, 9.17) is 11.6 Å². The van der Waals surface area contributed by atoms with Crippen LogP contribution in [-0.4, -0.2) is 37.0 Å². The van der Waals surface area contributed by atoms with Crippen LogP contribution in [0.5, 0.6) is 0 Å². The summed E-state index contributed by atoms with van der Waals surface area (Å²) in [6.45, 7) is 0.541. The third kappa shape index (κ3) is 4.70. The number of carbonyl (C=O) groups excluding carboxylic acids is 1. The minimum absolute atomic E-state index is 0.176. The third-order valence-electron chi connectivity index (χ3n) is 1.08. The number of rotatable bonds is 4. The summed E-state index contributed by atoms with van der Waals surface area (Å²) in [6.07, 6.45) is -1.33. The lowest BCUT2D eigenvalue weighted by Crippen LogP contribution is -2.20. The van der Waals surface area contributed by atoms with Crippen molar-refractivity contribution in [2.24, 2.45) is 0 Å². The van der Waals surface area contributed by atoms with Crippen molar-refractivity contribution in [2.75, 3.05) is 20.6 Å². The Morgan fingerprint density at radius 1 is 1.70 bits per heavy atom. The summed E-state index contributed by atoms with van der Waals surface area (Å²) >= 11 is 4.88. The zero-order valence-electron chi connectivity index (χ0n) is 6.10. The highest BCUT2D eigenvalue weighted by Gasteiger charge is 2.13. The van der Waals surface area contributed by atoms with Gasteiger partial charge in [-0.15, -0.1) is 0 Å². The normalized spacial score (nSPS) is 13.7. The number of hydrogen-bond acceptors (Lipinski definition) is 2. The standard InChI is InChI=1S/C6H11ClFNO/c1-9(2)4-3-5(8)6(7)10/h5H,3-4H2,1-2H3/t5-/m1/s1. The second-order valence-electron chi connectivity index (χ2n) is 2.36. The van der Waals surface area contributed by atoms with Gasteiger partial charge < -0.3 is 4.90 Å². The Morgan fingerprint density at radius 3 is 2.50 bits per heavy atom. The minimum atomic E-state index is -1.51. The summed E-state index contributed by atoms with van der Waals surface area (Å²) in [5, 5.41) is -0.901. The number of halogens is 2. The Bertz CT molecular complexity index is 118. The van der Waals surface area contributed by atoms with Crippen molar-refractivity contribution in [3.05, 3.63) is 0 Å². The van der Waals surface area contributed by atoms with Crippen LogP contribution >= 0.6 is 11.6 Å². The van der Waals surface area contributed by atoms with E-state index in [-0.39, 0.29) is 6.42 Å². The van der Waals surface area contributed by atoms with Crippen LogP contribution in [0.25, 0.3) is 0 Å². The zero-order valence-corrected chi connectivity index (χ0v) is 6.86. The van der Waals surface area contributed by atoms with E-state index < -0.39 is 11.4 Å². The number of nitrogens with zero attached hydrogens (tertiary/aromatic N) is 1. The first-order valence-corrected chi connectivity index (χ1v) is 3.40. The van der Waals surface area contributed by atoms with Crippen LogP contribution in [0, 0.1) is 0 Å². The Morgan fingerprint density at radius 2 is 2.20 bits per heavy atom. The quantitative estimate of drug-likeness (QED) is 0.584. The van der Waals surface area contributed by atoms with E-state index in [1.54, 1.807) is 4.90 Å². The highest BCUT2D eigenvalue weighted by Crippen LogP contribution is 2.02. The summed E-state index contributed by atoms with van der Waals surface area (Å²) in [7, 11) is 3.62. The fourth-order valence-electron chi connectivity index (χ4n) is 0.485. The van der Waals surface area contributed by atoms with Crippen molar-refractivity contribution in [3.63, 3.8) is 0 Å². The fourth-order valence-corrected chi connectivity index (χ4v) is 0.594. The summed E-state index contributed by atoms with van der Waals surface area (Å²) in [5.74, 6) is 0. The van der Waals surface area contributed by atoms with Crippen LogP contribution in [0.1, 0.15) is 6.42 Å². The Kier molecular flexibility index (Phi) is 4.56. The molecule has 2 nitrogen and oxygen atoms in total. The molecule has 60 valence electrons. The van der Waals surface area contributed by atoms with Gasteiger partial charge in [-0.05, 0) is 32.1 Å². The minimum Gasteiger partial charge on any atom is -0.309 e. The monoisotopic (exact) mass is 167 g/mol. The summed E-state index contributed by atoms with van der Waals surface area (Å²) in [4.78, 5) is 11.9. The van der Waals surface area contributed by atoms with Crippen molar-refractivity contribution in [1.82, 2.24) is 4.90 Å². The lowest BCUT2D eigenvalue weighted by Gasteiger charge is -2.09. The molecular formula is C6H11ClFNO. The summed E-state index contributed by atoms with van der Waals surface area (Å²) in [5.41, 5.74) is 0. The maximum Gasteiger partial charge on any atom is 0.255 e. The van der Waals surface area contributed by atoms with Gasteiger partial charge in [-0.25, -0.2) is 4.39 Å². The molecule has 0 saturated heterocycles. The third-order valence-corrected chi connectivity index (χ3v) is 1.31. The van der Waals surface area contributed by atoms with Crippen LogP contribution in [-0.2, 0) is 4.79 Å². The van der Waals surface area contributed by atoms with Gasteiger partial charge in [-0.3, -0.25) is 4.79 Å². The average molecular weight is 168 g/mol. The smallest absolute Gasteiger partial charge is 0.255 e. The molecule has 0 radical (unpaired) electrons. The van der Waals surface area contributed by atoms with Gasteiger partial charge in [-0.2, -0.15) is 0 Å². The molecule has 0 rings (SSSR count). The van der Waals surface area contributed by atoms with Gasteiger partial charge in [0.25, 0.3) is 5.24 Å². The van der Waals surface area contributed by atoms with E-state index in [0.29, 0.717) is 6.54 Å². The van der Waals surface area contributed by atoms with Gasteiger partial charge >= 0.3 is 0 Å². The molecule has 0 bridgehead atoms. The van der Waals surface area contributed by atoms with Crippen LogP contribution in [0.2, 0.25) is 0 Å². The molecule has 0 aromatic carbocycles. The molecule has 10 heavy (non-hydrogen) atoms. The number of alkyl halides is 1. The van der Waals surface area contributed by atoms with Crippen molar-refractivity contribution in [1.29, 1.82) is 0 Å². The predicted molar refractivity (Wildman–Crippen MR) is 38.9 cm³/mol. The van der Waals surface area contributed by atoms with Gasteiger partial charge in [0.05, 0.1) is 0 Å². The predicted octanol–water partition coefficient (Wildman–Crippen LogP) is 1.04. The van der Waals surface area contributed by atoms with Crippen LogP contribution in [0.3, 0.4) is 0 Å². The van der Waals surface area contributed by atoms with Gasteiger partial charge in [0, 0.05) is 6.54 Å². The highest BCUT2D eigenvalue weighted by atomic mass is 35.5. The van der Waals surface area contributed by atoms with Crippen molar-refractivity contribution >= 4 is 16.8 Å². The largest absolute Gasteiger partial charge is 0.309 e. The second kappa shape index (κ2) is 4.63. The fraction of sp³-hybridized carbons (Fsp3) is 0.833. The molecule has 0 aliphatic rings. The van der Waals surface area contributed by atoms with Crippen LogP contribution in [0.4, 0.5) is 4.39 Å². The molecule has 0 unspecified atom stereocenters. The molecule has 0 aromatic heterocycles. The molecule has 0 aromatic rings. The first-order chi connectivity index (χ1) is 4.54. The van der Waals surface area contributed by atoms with Gasteiger partial charge in [-0.1, -0.05) is 0 Å². The Balaban J connectivity index is 3.40. The molecule has 0 spiro atoms. The molecule has 1 atom stereocenters. The van der Waals surface area contributed by atoms with Crippen LogP contribution < -0.4 is 0 Å². The molecular weight excluding hydrogens is 157 g/mol. The zero-order chi connectivity index (χ0) is 8.15. The second-order valence-corrected chi connectivity index (χ2v) is 2.74. The van der Waals surface area contributed by atoms with Gasteiger partial charge in [0.1, 0.15) is 0 Å². The van der Waals surface area contributed by atoms with Crippen molar-refractivity contribution < 1.29 is 9.18 Å². The highest BCUT2D eigenvalue weighted by molar-refractivity contribution is 6.64. The molecule has 0 heterocycles. The molecule has 4 heteroatoms. The summed E-state index contributed by atoms with van der Waals surface area (Å²) in [6, 6.07) is 0. The van der Waals surface area contributed by atoms with E-state index >= 15 is 0 Å². The Hall–Kier alpha value is -0.150. The molecule has 0 N–H and O–H groups in total. The number of hydrogen-bond donors (Lipinski definition) is 0. The SMILES string of the molecule is CN(C)CC[C@@H](F)C(=O)Cl. The van der Waals surface area contributed by atoms with E-state index in [2.05, 4.69) is 0 Å². The number of carbonyl (C=O) groups is 1. The Labute approximate surface area is 65.0 Å². The molecule has 0 aliphatic carbocycles. The molecule has 0 fully saturated rings. The van der Waals surface area contributed by atoms with E-state index in [1.807, 2.05) is 14.1 Å². The van der Waals surface area contributed by atoms with Crippen molar-refractivity contribution in [2.45, 2.75) is 12.6 Å². The van der Waals surface area contributed by atoms with Gasteiger partial charge in [0.15, 0.2) is 6.17 Å². The average Bonchev–Trinajstić information content (AvgIpc) is 1.82. The molecule has 0 saturated carbocycles. The van der Waals surface area contributed by atoms with E-state index in [0.717, 1.165) is 0 Å². The van der Waals surface area contributed by atoms with E-state index in [1.165, 1.54) is 0 Å². The maximum atomic E-state index is 12.4. The first-order valence-electron chi connectivity index (χ1n) is 3.02. The lowest BCUT2D eigenvalue weighted by atomic mass is 10.3.